The van der Waals surface area contributed by atoms with Gasteiger partial charge in [0.2, 0.25) is 0 Å². The highest BCUT2D eigenvalue weighted by atomic mass is 32.2. The summed E-state index contributed by atoms with van der Waals surface area (Å²) in [5, 5.41) is 13.0. The number of aliphatic hydroxyl groups is 1. The number of hydrogen-bond donors (Lipinski definition) is 2. The highest BCUT2D eigenvalue weighted by Crippen LogP contribution is 2.40. The molecule has 0 atom stereocenters. The van der Waals surface area contributed by atoms with Gasteiger partial charge in [-0.3, -0.25) is 0 Å². The number of nitrogens with zero attached hydrogens (tertiary/aromatic N) is 2. The third-order valence-corrected chi connectivity index (χ3v) is 4.00. The molecule has 4 nitrogen and oxygen atoms in total. The second kappa shape index (κ2) is 5.69. The molecular formula is C12H19N3OS. The van der Waals surface area contributed by atoms with Crippen molar-refractivity contribution in [3.05, 3.63) is 11.4 Å². The molecule has 1 aromatic rings. The Hall–Kier alpha value is -0.810. The predicted molar refractivity (Wildman–Crippen MR) is 70.7 cm³/mol. The molecular weight excluding hydrogens is 234 g/mol. The first kappa shape index (κ1) is 12.6. The Morgan fingerprint density at radius 1 is 1.41 bits per heavy atom. The minimum absolute atomic E-state index is 0.242. The number of thioether (sulfide) groups is 1. The normalized spacial score (nSPS) is 15.0. The molecule has 0 saturated heterocycles. The van der Waals surface area contributed by atoms with Crippen molar-refractivity contribution in [2.45, 2.75) is 37.1 Å². The summed E-state index contributed by atoms with van der Waals surface area (Å²) in [5.74, 6) is 3.39. The van der Waals surface area contributed by atoms with Crippen LogP contribution in [0.5, 0.6) is 0 Å². The van der Waals surface area contributed by atoms with Gasteiger partial charge in [0.05, 0.1) is 0 Å². The molecule has 0 bridgehead atoms. The Labute approximate surface area is 106 Å². The summed E-state index contributed by atoms with van der Waals surface area (Å²) in [7, 11) is 1.90. The SMILES string of the molecule is CNc1nc(C2CC2)nc(SCCCO)c1C. The fraction of sp³-hybridized carbons (Fsp3) is 0.667. The largest absolute Gasteiger partial charge is 0.396 e. The van der Waals surface area contributed by atoms with E-state index < -0.39 is 0 Å². The number of nitrogens with one attached hydrogen (secondary N) is 1. The fourth-order valence-electron chi connectivity index (χ4n) is 1.65. The zero-order chi connectivity index (χ0) is 12.3. The molecule has 0 aliphatic heterocycles. The molecule has 2 rings (SSSR count). The molecule has 1 aliphatic rings. The average Bonchev–Trinajstić information content (AvgIpc) is 3.15. The van der Waals surface area contributed by atoms with E-state index in [9.17, 15) is 0 Å². The van der Waals surface area contributed by atoms with Crippen molar-refractivity contribution in [1.82, 2.24) is 9.97 Å². The van der Waals surface area contributed by atoms with Crippen molar-refractivity contribution in [3.63, 3.8) is 0 Å². The summed E-state index contributed by atoms with van der Waals surface area (Å²) < 4.78 is 0. The van der Waals surface area contributed by atoms with Crippen LogP contribution in [-0.4, -0.2) is 34.5 Å². The molecule has 2 N–H and O–H groups in total. The summed E-state index contributed by atoms with van der Waals surface area (Å²) >= 11 is 1.71. The van der Waals surface area contributed by atoms with Crippen molar-refractivity contribution in [1.29, 1.82) is 0 Å². The fourth-order valence-corrected chi connectivity index (χ4v) is 2.59. The molecule has 0 spiro atoms. The molecule has 1 fully saturated rings. The zero-order valence-electron chi connectivity index (χ0n) is 10.4. The monoisotopic (exact) mass is 253 g/mol. The summed E-state index contributed by atoms with van der Waals surface area (Å²) in [6.45, 7) is 2.29. The van der Waals surface area contributed by atoms with Crippen molar-refractivity contribution in [2.75, 3.05) is 24.7 Å². The molecule has 1 saturated carbocycles. The molecule has 1 aliphatic carbocycles. The maximum atomic E-state index is 8.81. The Morgan fingerprint density at radius 3 is 2.76 bits per heavy atom. The van der Waals surface area contributed by atoms with Gasteiger partial charge in [0.15, 0.2) is 0 Å². The van der Waals surface area contributed by atoms with Gasteiger partial charge in [0, 0.05) is 30.9 Å². The third kappa shape index (κ3) is 3.10. The van der Waals surface area contributed by atoms with Gasteiger partial charge in [-0.1, -0.05) is 0 Å². The van der Waals surface area contributed by atoms with Gasteiger partial charge in [-0.15, -0.1) is 11.8 Å². The Bertz CT molecular complexity index is 394. The maximum Gasteiger partial charge on any atom is 0.135 e. The number of aromatic nitrogens is 2. The van der Waals surface area contributed by atoms with Gasteiger partial charge < -0.3 is 10.4 Å². The second-order valence-corrected chi connectivity index (χ2v) is 5.39. The first-order valence-corrected chi connectivity index (χ1v) is 7.04. The molecule has 0 unspecified atom stereocenters. The van der Waals surface area contributed by atoms with Crippen LogP contribution in [0.3, 0.4) is 0 Å². The summed E-state index contributed by atoms with van der Waals surface area (Å²) in [5.41, 5.74) is 1.11. The Morgan fingerprint density at radius 2 is 2.18 bits per heavy atom. The van der Waals surface area contributed by atoms with E-state index in [0.717, 1.165) is 34.4 Å². The zero-order valence-corrected chi connectivity index (χ0v) is 11.2. The highest BCUT2D eigenvalue weighted by Gasteiger charge is 2.28. The smallest absolute Gasteiger partial charge is 0.135 e. The minimum Gasteiger partial charge on any atom is -0.396 e. The highest BCUT2D eigenvalue weighted by molar-refractivity contribution is 7.99. The third-order valence-electron chi connectivity index (χ3n) is 2.84. The second-order valence-electron chi connectivity index (χ2n) is 4.31. The molecule has 94 valence electrons. The molecule has 5 heteroatoms. The quantitative estimate of drug-likeness (QED) is 0.462. The van der Waals surface area contributed by atoms with Crippen LogP contribution in [0.25, 0.3) is 0 Å². The van der Waals surface area contributed by atoms with Crippen LogP contribution in [0.15, 0.2) is 5.03 Å². The Kier molecular flexibility index (Phi) is 4.23. The van der Waals surface area contributed by atoms with Crippen LogP contribution in [-0.2, 0) is 0 Å². The van der Waals surface area contributed by atoms with Crippen LogP contribution in [0.1, 0.15) is 36.6 Å². The van der Waals surface area contributed by atoms with Crippen molar-refractivity contribution < 1.29 is 5.11 Å². The van der Waals surface area contributed by atoms with Gasteiger partial charge >= 0.3 is 0 Å². The van der Waals surface area contributed by atoms with E-state index in [1.165, 1.54) is 12.8 Å². The van der Waals surface area contributed by atoms with Gasteiger partial charge in [-0.05, 0) is 26.2 Å². The van der Waals surface area contributed by atoms with Gasteiger partial charge in [-0.25, -0.2) is 9.97 Å². The molecule has 1 aromatic heterocycles. The lowest BCUT2D eigenvalue weighted by atomic mass is 10.3. The minimum atomic E-state index is 0.242. The van der Waals surface area contributed by atoms with Gasteiger partial charge in [-0.2, -0.15) is 0 Å². The number of hydrogen-bond acceptors (Lipinski definition) is 5. The number of anilines is 1. The lowest BCUT2D eigenvalue weighted by Gasteiger charge is -2.11. The van der Waals surface area contributed by atoms with E-state index in [0.29, 0.717) is 5.92 Å². The van der Waals surface area contributed by atoms with Gasteiger partial charge in [0.25, 0.3) is 0 Å². The van der Waals surface area contributed by atoms with Crippen LogP contribution in [0.2, 0.25) is 0 Å². The summed E-state index contributed by atoms with van der Waals surface area (Å²) in [6, 6.07) is 0. The molecule has 0 aromatic carbocycles. The standard InChI is InChI=1S/C12H19N3OS/c1-8-10(13-2)14-11(9-4-5-9)15-12(8)17-7-3-6-16/h9,16H,3-7H2,1-2H3,(H,13,14,15). The van der Waals surface area contributed by atoms with E-state index in [1.807, 2.05) is 14.0 Å². The molecule has 17 heavy (non-hydrogen) atoms. The van der Waals surface area contributed by atoms with E-state index in [2.05, 4.69) is 15.3 Å². The number of aliphatic hydroxyl groups excluding tert-OH is 1. The average molecular weight is 253 g/mol. The first-order valence-electron chi connectivity index (χ1n) is 6.06. The Balaban J connectivity index is 2.18. The van der Waals surface area contributed by atoms with Crippen LogP contribution in [0.4, 0.5) is 5.82 Å². The van der Waals surface area contributed by atoms with E-state index >= 15 is 0 Å². The first-order chi connectivity index (χ1) is 8.26. The summed E-state index contributed by atoms with van der Waals surface area (Å²) in [6.07, 6.45) is 3.24. The van der Waals surface area contributed by atoms with Crippen molar-refractivity contribution >= 4 is 17.6 Å². The topological polar surface area (TPSA) is 58.0 Å². The van der Waals surface area contributed by atoms with E-state index in [1.54, 1.807) is 11.8 Å². The predicted octanol–water partition coefficient (Wildman–Crippen LogP) is 2.18. The van der Waals surface area contributed by atoms with Crippen LogP contribution in [0, 0.1) is 6.92 Å². The van der Waals surface area contributed by atoms with E-state index in [4.69, 9.17) is 5.11 Å². The maximum absolute atomic E-state index is 8.81. The molecule has 0 radical (unpaired) electrons. The summed E-state index contributed by atoms with van der Waals surface area (Å²) in [4.78, 5) is 9.20. The van der Waals surface area contributed by atoms with Gasteiger partial charge in [0.1, 0.15) is 16.7 Å². The lowest BCUT2D eigenvalue weighted by molar-refractivity contribution is 0.296. The van der Waals surface area contributed by atoms with E-state index in [-0.39, 0.29) is 6.61 Å². The number of rotatable bonds is 6. The molecule has 0 amide bonds. The molecule has 1 heterocycles. The van der Waals surface area contributed by atoms with Crippen LogP contribution >= 0.6 is 11.8 Å². The lowest BCUT2D eigenvalue weighted by Crippen LogP contribution is -2.04. The van der Waals surface area contributed by atoms with Crippen molar-refractivity contribution in [2.24, 2.45) is 0 Å². The van der Waals surface area contributed by atoms with Crippen molar-refractivity contribution in [3.8, 4) is 0 Å². The van der Waals surface area contributed by atoms with Crippen LogP contribution < -0.4 is 5.32 Å².